The van der Waals surface area contributed by atoms with Gasteiger partial charge in [0.15, 0.2) is 17.8 Å². The van der Waals surface area contributed by atoms with Gasteiger partial charge in [0, 0.05) is 16.9 Å². The number of oxazole rings is 1. The van der Waals surface area contributed by atoms with Crippen molar-refractivity contribution >= 4 is 40.1 Å². The van der Waals surface area contributed by atoms with Crippen LogP contribution < -0.4 is 16.0 Å². The first-order valence-corrected chi connectivity index (χ1v) is 13.5. The number of para-hydroxylation sites is 1. The molecule has 0 aliphatic rings. The smallest absolute Gasteiger partial charge is 0.335 e. The fraction of sp³-hybridized carbons (Fsp3) is 0.152. The van der Waals surface area contributed by atoms with Crippen LogP contribution in [0.3, 0.4) is 0 Å². The number of fused-ring (bicyclic) bond motifs is 1. The Kier molecular flexibility index (Phi) is 8.70. The molecule has 0 saturated heterocycles. The summed E-state index contributed by atoms with van der Waals surface area (Å²) in [6.07, 6.45) is 2.00. The Hall–Kier alpha value is -5.28. The number of ketones is 1. The molecule has 1 aromatic heterocycles. The van der Waals surface area contributed by atoms with Gasteiger partial charge in [-0.15, -0.1) is 0 Å². The molecule has 9 heteroatoms. The van der Waals surface area contributed by atoms with Gasteiger partial charge in [-0.1, -0.05) is 42.5 Å². The lowest BCUT2D eigenvalue weighted by Gasteiger charge is -2.21. The summed E-state index contributed by atoms with van der Waals surface area (Å²) in [5, 5.41) is 18.3. The highest BCUT2D eigenvalue weighted by Gasteiger charge is 2.24. The van der Waals surface area contributed by atoms with Crippen LogP contribution in [0.5, 0.6) is 0 Å². The number of aromatic nitrogens is 1. The van der Waals surface area contributed by atoms with E-state index in [2.05, 4.69) is 20.9 Å². The minimum absolute atomic E-state index is 0.0831. The zero-order valence-electron chi connectivity index (χ0n) is 23.0. The summed E-state index contributed by atoms with van der Waals surface area (Å²) in [5.41, 5.74) is 6.19. The van der Waals surface area contributed by atoms with Gasteiger partial charge < -0.3 is 25.5 Å². The van der Waals surface area contributed by atoms with Crippen LogP contribution in [0.15, 0.2) is 102 Å². The van der Waals surface area contributed by atoms with Crippen LogP contribution in [-0.4, -0.2) is 40.8 Å². The second-order valence-electron chi connectivity index (χ2n) is 9.89. The lowest BCUT2D eigenvalue weighted by molar-refractivity contribution is -0.115. The number of carboxylic acid groups (broad SMARTS) is 1. The third kappa shape index (κ3) is 6.89. The quantitative estimate of drug-likeness (QED) is 0.113. The van der Waals surface area contributed by atoms with Crippen molar-refractivity contribution < 1.29 is 23.9 Å². The molecule has 9 nitrogen and oxygen atoms in total. The molecule has 0 fully saturated rings. The number of Topliss-reactive ketones (excluding diaryl/α,β-unsaturated/α-hetero) is 1. The Morgan fingerprint density at radius 1 is 0.905 bits per heavy atom. The lowest BCUT2D eigenvalue weighted by Crippen LogP contribution is -2.29. The molecule has 0 bridgehead atoms. The first kappa shape index (κ1) is 28.3. The molecule has 0 radical (unpaired) electrons. The van der Waals surface area contributed by atoms with Crippen molar-refractivity contribution in [1.82, 2.24) is 10.3 Å². The highest BCUT2D eigenvalue weighted by atomic mass is 16.4. The van der Waals surface area contributed by atoms with Gasteiger partial charge in [-0.2, -0.15) is 0 Å². The highest BCUT2D eigenvalue weighted by molar-refractivity contribution is 6.03. The van der Waals surface area contributed by atoms with Crippen LogP contribution in [0.1, 0.15) is 43.4 Å². The zero-order chi connectivity index (χ0) is 29.5. The van der Waals surface area contributed by atoms with E-state index in [0.29, 0.717) is 29.8 Å². The number of anilines is 2. The molecule has 4 N–H and O–H groups in total. The number of hydrogen-bond acceptors (Lipinski definition) is 7. The van der Waals surface area contributed by atoms with Gasteiger partial charge in [0.2, 0.25) is 5.91 Å². The largest absolute Gasteiger partial charge is 0.478 e. The van der Waals surface area contributed by atoms with Crippen molar-refractivity contribution in [3.05, 3.63) is 125 Å². The van der Waals surface area contributed by atoms with Gasteiger partial charge in [-0.05, 0) is 85.1 Å². The molecule has 1 heterocycles. The van der Waals surface area contributed by atoms with E-state index >= 15 is 0 Å². The minimum Gasteiger partial charge on any atom is -0.478 e. The topological polar surface area (TPSA) is 134 Å². The van der Waals surface area contributed by atoms with Gasteiger partial charge in [0.25, 0.3) is 0 Å². The molecular weight excluding hydrogens is 532 g/mol. The third-order valence-corrected chi connectivity index (χ3v) is 6.90. The van der Waals surface area contributed by atoms with Crippen LogP contribution in [0.2, 0.25) is 0 Å². The molecule has 42 heavy (non-hydrogen) atoms. The molecule has 0 spiro atoms. The summed E-state index contributed by atoms with van der Waals surface area (Å²) in [7, 11) is 0. The van der Waals surface area contributed by atoms with Crippen molar-refractivity contribution in [3.8, 4) is 0 Å². The lowest BCUT2D eigenvalue weighted by atomic mass is 9.95. The van der Waals surface area contributed by atoms with Gasteiger partial charge in [-0.3, -0.25) is 9.59 Å². The third-order valence-electron chi connectivity index (χ3n) is 6.90. The van der Waals surface area contributed by atoms with Gasteiger partial charge in [0.1, 0.15) is 11.6 Å². The maximum atomic E-state index is 13.9. The van der Waals surface area contributed by atoms with Crippen LogP contribution in [0.4, 0.5) is 11.4 Å². The Balaban J connectivity index is 1.23. The van der Waals surface area contributed by atoms with Crippen LogP contribution in [0, 0.1) is 6.92 Å². The first-order chi connectivity index (χ1) is 20.4. The average Bonchev–Trinajstić information content (AvgIpc) is 3.47. The number of aryl methyl sites for hydroxylation is 1. The molecule has 1 amide bonds. The van der Waals surface area contributed by atoms with Crippen molar-refractivity contribution in [2.45, 2.75) is 19.4 Å². The molecule has 0 saturated carbocycles. The summed E-state index contributed by atoms with van der Waals surface area (Å²) >= 11 is 0. The van der Waals surface area contributed by atoms with E-state index in [-0.39, 0.29) is 23.8 Å². The van der Waals surface area contributed by atoms with E-state index in [1.807, 2.05) is 73.7 Å². The second-order valence-corrected chi connectivity index (χ2v) is 9.89. The van der Waals surface area contributed by atoms with E-state index in [1.165, 1.54) is 18.5 Å². The maximum Gasteiger partial charge on any atom is 0.335 e. The monoisotopic (exact) mass is 562 g/mol. The van der Waals surface area contributed by atoms with Gasteiger partial charge in [0.05, 0.1) is 12.1 Å². The van der Waals surface area contributed by atoms with Crippen molar-refractivity contribution in [1.29, 1.82) is 0 Å². The SMILES string of the molecule is Cc1ccccc1NC(C(=O)c1cccc(CCNCC(=O)Nc2ccc(C(=O)O)cc2)c1)c1ccc2ncoc2c1. The number of nitrogens with one attached hydrogen (secondary N) is 3. The number of hydrogen-bond donors (Lipinski definition) is 4. The molecule has 5 aromatic rings. The van der Waals surface area contributed by atoms with Crippen LogP contribution in [0.25, 0.3) is 11.1 Å². The standard InChI is InChI=1S/C33H30N4O5/c1-21-5-2-3-8-27(21)37-31(24-11-14-28-29(18-24)42-20-35-28)32(39)25-7-4-6-22(17-25)15-16-34-19-30(38)36-26-12-9-23(10-13-26)33(40)41/h2-14,17-18,20,31,34,37H,15-16,19H2,1H3,(H,36,38)(H,40,41). The maximum absolute atomic E-state index is 13.9. The number of amides is 1. The molecule has 4 aromatic carbocycles. The highest BCUT2D eigenvalue weighted by Crippen LogP contribution is 2.28. The predicted octanol–water partition coefficient (Wildman–Crippen LogP) is 5.64. The van der Waals surface area contributed by atoms with E-state index < -0.39 is 12.0 Å². The molecular formula is C33H30N4O5. The van der Waals surface area contributed by atoms with Gasteiger partial charge in [-0.25, -0.2) is 9.78 Å². The van der Waals surface area contributed by atoms with E-state index in [1.54, 1.807) is 12.1 Å². The molecule has 1 atom stereocenters. The first-order valence-electron chi connectivity index (χ1n) is 13.5. The van der Waals surface area contributed by atoms with Crippen molar-refractivity contribution in [2.75, 3.05) is 23.7 Å². The number of rotatable bonds is 12. The fourth-order valence-electron chi connectivity index (χ4n) is 4.62. The van der Waals surface area contributed by atoms with E-state index in [0.717, 1.165) is 27.9 Å². The van der Waals surface area contributed by atoms with Crippen LogP contribution in [-0.2, 0) is 11.2 Å². The number of benzene rings is 4. The van der Waals surface area contributed by atoms with E-state index in [4.69, 9.17) is 9.52 Å². The Labute approximate surface area is 242 Å². The number of carboxylic acids is 1. The summed E-state index contributed by atoms with van der Waals surface area (Å²) in [6.45, 7) is 2.61. The number of aromatic carboxylic acids is 1. The Morgan fingerprint density at radius 2 is 1.71 bits per heavy atom. The van der Waals surface area contributed by atoms with Gasteiger partial charge >= 0.3 is 5.97 Å². The molecule has 5 rings (SSSR count). The molecule has 0 aliphatic carbocycles. The number of nitrogens with zero attached hydrogens (tertiary/aromatic N) is 1. The Bertz CT molecular complexity index is 1730. The molecule has 0 aliphatic heterocycles. The normalized spacial score (nSPS) is 11.6. The number of carbonyl (C=O) groups is 3. The fourth-order valence-corrected chi connectivity index (χ4v) is 4.62. The number of carbonyl (C=O) groups excluding carboxylic acids is 2. The van der Waals surface area contributed by atoms with Crippen molar-refractivity contribution in [2.24, 2.45) is 0 Å². The minimum atomic E-state index is -1.02. The zero-order valence-corrected chi connectivity index (χ0v) is 23.0. The van der Waals surface area contributed by atoms with E-state index in [9.17, 15) is 14.4 Å². The predicted molar refractivity (Wildman–Crippen MR) is 161 cm³/mol. The Morgan fingerprint density at radius 3 is 2.50 bits per heavy atom. The summed E-state index contributed by atoms with van der Waals surface area (Å²) < 4.78 is 5.50. The summed E-state index contributed by atoms with van der Waals surface area (Å²) in [5.74, 6) is -1.35. The van der Waals surface area contributed by atoms with Crippen molar-refractivity contribution in [3.63, 3.8) is 0 Å². The second kappa shape index (κ2) is 12.9. The van der Waals surface area contributed by atoms with Crippen LogP contribution >= 0.6 is 0 Å². The average molecular weight is 563 g/mol. The summed E-state index contributed by atoms with van der Waals surface area (Å²) in [4.78, 5) is 41.4. The molecule has 1 unspecified atom stereocenters. The summed E-state index contributed by atoms with van der Waals surface area (Å²) in [6, 6.07) is 26.2. The molecule has 212 valence electrons.